The maximum Gasteiger partial charge on any atom is 0.187 e. The van der Waals surface area contributed by atoms with Crippen LogP contribution in [0.15, 0.2) is 0 Å². The highest BCUT2D eigenvalue weighted by Gasteiger charge is 2.58. The third kappa shape index (κ3) is 13.4. The molecule has 0 bridgehead atoms. The summed E-state index contributed by atoms with van der Waals surface area (Å²) >= 11 is 0. The molecule has 0 aromatic heterocycles. The van der Waals surface area contributed by atoms with Crippen LogP contribution in [-0.4, -0.2) is 375 Å². The van der Waals surface area contributed by atoms with Crippen LogP contribution in [0.3, 0.4) is 0 Å². The van der Waals surface area contributed by atoms with Gasteiger partial charge in [0.1, 0.15) is 171 Å². The van der Waals surface area contributed by atoms with E-state index < -0.39 is 261 Å². The van der Waals surface area contributed by atoms with E-state index in [1.807, 2.05) is 0 Å². The molecule has 35 atom stereocenters. The Morgan fingerprint density at radius 2 is 0.405 bits per heavy atom. The van der Waals surface area contributed by atoms with Crippen molar-refractivity contribution in [3.05, 3.63) is 0 Å². The lowest BCUT2D eigenvalue weighted by atomic mass is 9.94. The van der Waals surface area contributed by atoms with Gasteiger partial charge in [0.25, 0.3) is 0 Å². The van der Waals surface area contributed by atoms with Crippen LogP contribution in [0, 0.1) is 0 Å². The van der Waals surface area contributed by atoms with Crippen molar-refractivity contribution in [3.63, 3.8) is 0 Å². The summed E-state index contributed by atoms with van der Waals surface area (Å²) in [6, 6.07) is 0. The molecule has 0 radical (unpaired) electrons. The third-order valence-electron chi connectivity index (χ3n) is 15.0. The summed E-state index contributed by atoms with van der Waals surface area (Å²) in [5, 5.41) is 225. The van der Waals surface area contributed by atoms with Gasteiger partial charge in [0.15, 0.2) is 37.7 Å². The van der Waals surface area contributed by atoms with Gasteiger partial charge in [0.2, 0.25) is 0 Å². The topological polar surface area (TPSA) is 554 Å². The molecule has 0 aliphatic carbocycles. The predicted octanol–water partition coefficient (Wildman–Crippen LogP) is -14.6. The Labute approximate surface area is 448 Å². The van der Waals surface area contributed by atoms with Gasteiger partial charge in [0, 0.05) is 7.11 Å². The summed E-state index contributed by atoms with van der Waals surface area (Å²) in [6.45, 7) is -5.01. The molecule has 7 saturated heterocycles. The fourth-order valence-corrected chi connectivity index (χ4v) is 10.5. The maximum atomic E-state index is 11.3. The van der Waals surface area contributed by atoms with Crippen molar-refractivity contribution in [2.45, 2.75) is 222 Å². The summed E-state index contributed by atoms with van der Waals surface area (Å²) in [5.41, 5.74) is 0. The highest BCUT2D eigenvalue weighted by Crippen LogP contribution is 2.38. The van der Waals surface area contributed by atoms with E-state index in [1.165, 1.54) is 14.0 Å². The van der Waals surface area contributed by atoms with Crippen LogP contribution in [0.1, 0.15) is 6.92 Å². The first kappa shape index (κ1) is 65.1. The quantitative estimate of drug-likeness (QED) is 0.0538. The Morgan fingerprint density at radius 1 is 0.241 bits per heavy atom. The zero-order chi connectivity index (χ0) is 58.1. The minimum Gasteiger partial charge on any atom is -0.394 e. The number of ether oxygens (including phenoxy) is 14. The van der Waals surface area contributed by atoms with Crippen LogP contribution in [0.25, 0.3) is 0 Å². The largest absolute Gasteiger partial charge is 0.394 e. The summed E-state index contributed by atoms with van der Waals surface area (Å²) in [6.07, 6.45) is -63.2. The summed E-state index contributed by atoms with van der Waals surface area (Å²) in [4.78, 5) is 0. The van der Waals surface area contributed by atoms with Gasteiger partial charge in [-0.2, -0.15) is 0 Å². The molecule has 0 saturated carbocycles. The highest BCUT2D eigenvalue weighted by molar-refractivity contribution is 5.01. The number of rotatable bonds is 20. The predicted molar refractivity (Wildman–Crippen MR) is 240 cm³/mol. The van der Waals surface area contributed by atoms with Crippen molar-refractivity contribution >= 4 is 0 Å². The molecular weight excluding hydrogens is 1090 g/mol. The first-order chi connectivity index (χ1) is 37.5. The standard InChI is InChI=1S/C44H76O35/c1-10-18(52)19(53)33(12(4-46)67-10)74-40-27(61)21(55)35(14(6-48)69-40)76-42-29(63)23(57)37(16(8-50)71-42)78-44-31(65)25(59)38(17(9-51)73-44)79-43-30(64)24(58)36(15(7-49)72-43)77-41-28(62)22(56)34(13(5-47)70-41)75-39-26(60)20(54)32(66-2)11(3-45)68-39/h10-65H,3-9H2,1-2H3/t10-,11-,12-,13-,14-,15-,16-,17-,18+,19-,20-,21-,22-,23-,24-,25-,26-,27-,28-,29-,30-,31-,32-,33-,34-,35-,36-,37-,38-,39-,40-,41-,42-,43-,44-/m1/s1. The van der Waals surface area contributed by atoms with Gasteiger partial charge in [-0.15, -0.1) is 0 Å². The molecule has 35 nitrogen and oxygen atoms in total. The summed E-state index contributed by atoms with van der Waals surface area (Å²) in [7, 11) is 1.18. The lowest BCUT2D eigenvalue weighted by Gasteiger charge is -2.50. The van der Waals surface area contributed by atoms with Gasteiger partial charge in [-0.25, -0.2) is 0 Å². The second kappa shape index (κ2) is 28.2. The lowest BCUT2D eigenvalue weighted by Crippen LogP contribution is -2.68. The molecule has 462 valence electrons. The molecule has 0 amide bonds. The van der Waals surface area contributed by atoms with Crippen LogP contribution in [0.4, 0.5) is 0 Å². The Bertz CT molecular complexity index is 1820. The van der Waals surface area contributed by atoms with E-state index >= 15 is 0 Å². The maximum absolute atomic E-state index is 11.3. The van der Waals surface area contributed by atoms with E-state index in [0.29, 0.717) is 0 Å². The molecular formula is C44H76O35. The molecule has 0 spiro atoms. The fourth-order valence-electron chi connectivity index (χ4n) is 10.5. The van der Waals surface area contributed by atoms with Gasteiger partial charge in [-0.3, -0.25) is 0 Å². The van der Waals surface area contributed by atoms with Crippen molar-refractivity contribution in [2.75, 3.05) is 53.4 Å². The molecule has 79 heavy (non-hydrogen) atoms. The minimum atomic E-state index is -2.21. The smallest absolute Gasteiger partial charge is 0.187 e. The molecule has 21 N–H and O–H groups in total. The Balaban J connectivity index is 0.946. The van der Waals surface area contributed by atoms with Gasteiger partial charge in [-0.1, -0.05) is 0 Å². The minimum absolute atomic E-state index is 0.704. The Hall–Kier alpha value is -1.40. The highest BCUT2D eigenvalue weighted by atomic mass is 16.8. The van der Waals surface area contributed by atoms with Crippen LogP contribution >= 0.6 is 0 Å². The van der Waals surface area contributed by atoms with E-state index in [4.69, 9.17) is 66.3 Å². The number of hydrogen-bond acceptors (Lipinski definition) is 35. The first-order valence-electron chi connectivity index (χ1n) is 25.4. The van der Waals surface area contributed by atoms with Crippen LogP contribution in [0.5, 0.6) is 0 Å². The van der Waals surface area contributed by atoms with Crippen molar-refractivity contribution < 1.29 is 174 Å². The molecule has 7 aliphatic rings. The van der Waals surface area contributed by atoms with E-state index in [9.17, 15) is 107 Å². The van der Waals surface area contributed by atoms with Gasteiger partial charge in [-0.05, 0) is 6.92 Å². The number of aliphatic hydroxyl groups excluding tert-OH is 21. The third-order valence-corrected chi connectivity index (χ3v) is 15.0. The van der Waals surface area contributed by atoms with Crippen molar-refractivity contribution in [2.24, 2.45) is 0 Å². The lowest BCUT2D eigenvalue weighted by molar-refractivity contribution is -0.397. The van der Waals surface area contributed by atoms with Gasteiger partial charge >= 0.3 is 0 Å². The zero-order valence-corrected chi connectivity index (χ0v) is 42.3. The van der Waals surface area contributed by atoms with Crippen LogP contribution in [-0.2, 0) is 66.3 Å². The number of hydrogen-bond donors (Lipinski definition) is 21. The fraction of sp³-hybridized carbons (Fsp3) is 1.00. The normalized spacial score (nSPS) is 53.0. The average Bonchev–Trinajstić information content (AvgIpc) is 3.50. The average molecular weight is 1170 g/mol. The zero-order valence-electron chi connectivity index (χ0n) is 42.3. The number of methoxy groups -OCH3 is 1. The Morgan fingerprint density at radius 3 is 0.595 bits per heavy atom. The van der Waals surface area contributed by atoms with Gasteiger partial charge < -0.3 is 174 Å². The molecule has 0 aromatic carbocycles. The molecule has 0 aromatic rings. The van der Waals surface area contributed by atoms with E-state index in [-0.39, 0.29) is 0 Å². The van der Waals surface area contributed by atoms with Crippen molar-refractivity contribution in [1.82, 2.24) is 0 Å². The molecule has 7 heterocycles. The van der Waals surface area contributed by atoms with E-state index in [1.54, 1.807) is 0 Å². The monoisotopic (exact) mass is 1160 g/mol. The summed E-state index contributed by atoms with van der Waals surface area (Å²) in [5.74, 6) is 0. The van der Waals surface area contributed by atoms with E-state index in [2.05, 4.69) is 0 Å². The molecule has 0 unspecified atom stereocenters. The Kier molecular flexibility index (Phi) is 23.3. The van der Waals surface area contributed by atoms with E-state index in [0.717, 1.165) is 0 Å². The van der Waals surface area contributed by atoms with Crippen LogP contribution in [0.2, 0.25) is 0 Å². The molecule has 7 fully saturated rings. The molecule has 7 aliphatic heterocycles. The first-order valence-corrected chi connectivity index (χ1v) is 25.4. The van der Waals surface area contributed by atoms with Crippen molar-refractivity contribution in [1.29, 1.82) is 0 Å². The molecule has 7 rings (SSSR count). The van der Waals surface area contributed by atoms with Crippen molar-refractivity contribution in [3.8, 4) is 0 Å². The molecule has 35 heteroatoms. The van der Waals surface area contributed by atoms with Gasteiger partial charge in [0.05, 0.1) is 52.4 Å². The van der Waals surface area contributed by atoms with Crippen LogP contribution < -0.4 is 0 Å². The number of aliphatic hydroxyl groups is 21. The second-order valence-electron chi connectivity index (χ2n) is 20.1. The second-order valence-corrected chi connectivity index (χ2v) is 20.1. The summed E-state index contributed by atoms with van der Waals surface area (Å²) < 4.78 is 78.2. The SMILES string of the molecule is CO[C@H]1[C@H](O)[C@@H](O)[C@@H](O[C@H]2[C@H](O)[C@@H](O)[C@@H](O[C@H]3[C@H](O)[C@@H](O)[C@@H](O[C@H]4[C@H](O)[C@@H](O)[C@@H](O[C@H]5[C@H](O)[C@@H](O)[C@@H](O[C@H]6[C@H](O)[C@@H](O)[C@@H](O[C@H]7[C@H](O)[C@@H](O)[C@@H](C)O[C@@H]7CO)O[C@@H]6CO)O[C@@H]5CO)O[C@@H]4CO)O[C@@H]3CO)O[C@@H]2CO)O[C@@H]1CO.